The fraction of sp³-hybridized carbons (Fsp3) is 0.762. The lowest BCUT2D eigenvalue weighted by atomic mass is 9.90. The number of carbonyl (C=O) groups excluding carboxylic acids is 2. The van der Waals surface area contributed by atoms with Crippen molar-refractivity contribution in [3.05, 3.63) is 17.8 Å². The molecule has 10 heteroatoms. The maximum atomic E-state index is 15.0. The maximum Gasteiger partial charge on any atom is 0.325 e. The van der Waals surface area contributed by atoms with Crippen LogP contribution in [0.5, 0.6) is 0 Å². The molecule has 0 radical (unpaired) electrons. The minimum Gasteiger partial charge on any atom is -0.443 e. The first-order valence-electron chi connectivity index (χ1n) is 10.8. The number of hydrogen-bond acceptors (Lipinski definition) is 5. The van der Waals surface area contributed by atoms with Gasteiger partial charge in [0.05, 0.1) is 17.8 Å². The van der Waals surface area contributed by atoms with Crippen molar-refractivity contribution < 1.29 is 27.5 Å². The first kappa shape index (κ1) is 22.0. The summed E-state index contributed by atoms with van der Waals surface area (Å²) in [6, 6.07) is -0.394. The zero-order valence-corrected chi connectivity index (χ0v) is 18.2. The summed E-state index contributed by atoms with van der Waals surface area (Å²) in [5.74, 6) is -4.84. The molecule has 3 aliphatic heterocycles. The van der Waals surface area contributed by atoms with Crippen LogP contribution in [0.25, 0.3) is 0 Å². The SMILES string of the molecule is CC(C)(C)c1coc(C(F)(F)C2CCN(C(=O)N3CCC4OCC(=O)NC4C3)CC2)n1. The summed E-state index contributed by atoms with van der Waals surface area (Å²) in [5, 5.41) is 2.87. The van der Waals surface area contributed by atoms with E-state index in [1.165, 1.54) is 6.26 Å². The van der Waals surface area contributed by atoms with E-state index in [2.05, 4.69) is 10.3 Å². The van der Waals surface area contributed by atoms with Crippen LogP contribution in [0.2, 0.25) is 0 Å². The normalized spacial score (nSPS) is 25.9. The van der Waals surface area contributed by atoms with Gasteiger partial charge in [-0.15, -0.1) is 0 Å². The highest BCUT2D eigenvalue weighted by Gasteiger charge is 2.48. The zero-order valence-electron chi connectivity index (χ0n) is 18.2. The van der Waals surface area contributed by atoms with Crippen LogP contribution in [0.3, 0.4) is 0 Å². The van der Waals surface area contributed by atoms with E-state index < -0.39 is 17.7 Å². The number of urea groups is 1. The van der Waals surface area contributed by atoms with Gasteiger partial charge in [-0.3, -0.25) is 4.79 Å². The van der Waals surface area contributed by atoms with Gasteiger partial charge in [0, 0.05) is 37.5 Å². The van der Waals surface area contributed by atoms with E-state index in [1.807, 2.05) is 20.8 Å². The standard InChI is InChI=1S/C21H30F2N4O4/c1-20(2,3)16-11-31-18(25-16)21(22,23)13-4-7-26(8-5-13)19(29)27-9-6-15-14(10-27)24-17(28)12-30-15/h11,13-15H,4-10,12H2,1-3H3,(H,24,28). The van der Waals surface area contributed by atoms with Crippen molar-refractivity contribution >= 4 is 11.9 Å². The molecule has 3 saturated heterocycles. The van der Waals surface area contributed by atoms with Crippen LogP contribution in [-0.4, -0.2) is 71.7 Å². The fourth-order valence-electron chi connectivity index (χ4n) is 4.45. The first-order chi connectivity index (χ1) is 14.6. The Bertz CT molecular complexity index is 830. The van der Waals surface area contributed by atoms with Gasteiger partial charge < -0.3 is 24.3 Å². The molecule has 3 amide bonds. The smallest absolute Gasteiger partial charge is 0.325 e. The molecule has 1 N–H and O–H groups in total. The molecule has 1 aromatic rings. The molecule has 172 valence electrons. The van der Waals surface area contributed by atoms with Gasteiger partial charge >= 0.3 is 12.0 Å². The van der Waals surface area contributed by atoms with Crippen LogP contribution in [0.4, 0.5) is 13.6 Å². The highest BCUT2D eigenvalue weighted by atomic mass is 19.3. The van der Waals surface area contributed by atoms with E-state index in [-0.39, 0.29) is 62.0 Å². The van der Waals surface area contributed by atoms with Crippen molar-refractivity contribution in [3.63, 3.8) is 0 Å². The van der Waals surface area contributed by atoms with Crippen molar-refractivity contribution in [3.8, 4) is 0 Å². The largest absolute Gasteiger partial charge is 0.443 e. The highest BCUT2D eigenvalue weighted by molar-refractivity contribution is 5.79. The predicted molar refractivity (Wildman–Crippen MR) is 107 cm³/mol. The Morgan fingerprint density at radius 2 is 1.84 bits per heavy atom. The Labute approximate surface area is 180 Å². The number of ether oxygens (including phenoxy) is 1. The summed E-state index contributed by atoms with van der Waals surface area (Å²) in [5.41, 5.74) is 0.126. The van der Waals surface area contributed by atoms with Crippen LogP contribution in [0.15, 0.2) is 10.7 Å². The Hall–Kier alpha value is -2.23. The van der Waals surface area contributed by atoms with Crippen molar-refractivity contribution in [2.75, 3.05) is 32.8 Å². The second kappa shape index (κ2) is 8.03. The lowest BCUT2D eigenvalue weighted by molar-refractivity contribution is -0.139. The average Bonchev–Trinajstić information content (AvgIpc) is 3.24. The molecule has 0 spiro atoms. The molecule has 2 atom stereocenters. The molecule has 3 fully saturated rings. The Balaban J connectivity index is 1.34. The zero-order chi connectivity index (χ0) is 22.4. The van der Waals surface area contributed by atoms with Gasteiger partial charge in [-0.2, -0.15) is 8.78 Å². The van der Waals surface area contributed by atoms with Crippen molar-refractivity contribution in [1.82, 2.24) is 20.1 Å². The first-order valence-corrected chi connectivity index (χ1v) is 10.8. The molecular weight excluding hydrogens is 410 g/mol. The molecule has 0 saturated carbocycles. The van der Waals surface area contributed by atoms with Crippen LogP contribution in [0.1, 0.15) is 51.6 Å². The van der Waals surface area contributed by atoms with Gasteiger partial charge in [-0.1, -0.05) is 20.8 Å². The number of hydrogen-bond donors (Lipinski definition) is 1. The van der Waals surface area contributed by atoms with Gasteiger partial charge in [0.15, 0.2) is 0 Å². The third-order valence-electron chi connectivity index (χ3n) is 6.43. The van der Waals surface area contributed by atoms with Gasteiger partial charge in [-0.25, -0.2) is 9.78 Å². The van der Waals surface area contributed by atoms with Gasteiger partial charge in [-0.05, 0) is 19.3 Å². The van der Waals surface area contributed by atoms with E-state index in [0.717, 1.165) is 0 Å². The topological polar surface area (TPSA) is 87.9 Å². The molecule has 3 aliphatic rings. The number of oxazole rings is 1. The van der Waals surface area contributed by atoms with Crippen molar-refractivity contribution in [2.45, 2.75) is 63.5 Å². The Kier molecular flexibility index (Phi) is 5.70. The number of likely N-dealkylation sites (tertiary alicyclic amines) is 2. The van der Waals surface area contributed by atoms with Crippen molar-refractivity contribution in [1.29, 1.82) is 0 Å². The lowest BCUT2D eigenvalue weighted by Gasteiger charge is -2.43. The number of carbonyl (C=O) groups is 2. The summed E-state index contributed by atoms with van der Waals surface area (Å²) in [6.45, 7) is 7.13. The predicted octanol–water partition coefficient (Wildman–Crippen LogP) is 2.49. The van der Waals surface area contributed by atoms with Crippen LogP contribution in [-0.2, 0) is 20.9 Å². The van der Waals surface area contributed by atoms with Crippen LogP contribution in [0, 0.1) is 5.92 Å². The number of morpholine rings is 1. The van der Waals surface area contributed by atoms with Crippen LogP contribution < -0.4 is 5.32 Å². The monoisotopic (exact) mass is 440 g/mol. The van der Waals surface area contributed by atoms with E-state index in [9.17, 15) is 9.59 Å². The lowest BCUT2D eigenvalue weighted by Crippen LogP contribution is -2.62. The number of fused-ring (bicyclic) bond motifs is 1. The Morgan fingerprint density at radius 3 is 2.48 bits per heavy atom. The summed E-state index contributed by atoms with van der Waals surface area (Å²) in [6.07, 6.45) is 2.22. The minimum atomic E-state index is -3.18. The second-order valence-corrected chi connectivity index (χ2v) is 9.71. The van der Waals surface area contributed by atoms with Crippen molar-refractivity contribution in [2.24, 2.45) is 5.92 Å². The van der Waals surface area contributed by atoms with E-state index in [0.29, 0.717) is 25.2 Å². The van der Waals surface area contributed by atoms with Gasteiger partial charge in [0.1, 0.15) is 12.9 Å². The molecule has 1 aromatic heterocycles. The Morgan fingerprint density at radius 1 is 1.16 bits per heavy atom. The second-order valence-electron chi connectivity index (χ2n) is 9.71. The third-order valence-corrected chi connectivity index (χ3v) is 6.43. The molecule has 31 heavy (non-hydrogen) atoms. The number of amides is 3. The molecule has 4 heterocycles. The number of rotatable bonds is 2. The molecule has 0 aromatic carbocycles. The number of alkyl halides is 2. The number of halogens is 2. The third kappa shape index (κ3) is 4.40. The highest BCUT2D eigenvalue weighted by Crippen LogP contribution is 2.42. The summed E-state index contributed by atoms with van der Waals surface area (Å²) >= 11 is 0. The molecular formula is C21H30F2N4O4. The maximum absolute atomic E-state index is 15.0. The van der Waals surface area contributed by atoms with Gasteiger partial charge in [0.2, 0.25) is 5.91 Å². The van der Waals surface area contributed by atoms with Crippen LogP contribution >= 0.6 is 0 Å². The summed E-state index contributed by atoms with van der Waals surface area (Å²) in [7, 11) is 0. The van der Waals surface area contributed by atoms with E-state index in [4.69, 9.17) is 9.15 Å². The molecule has 0 bridgehead atoms. The van der Waals surface area contributed by atoms with E-state index >= 15 is 8.78 Å². The quantitative estimate of drug-likeness (QED) is 0.764. The molecule has 2 unspecified atom stereocenters. The summed E-state index contributed by atoms with van der Waals surface area (Å²) in [4.78, 5) is 31.8. The number of piperidine rings is 2. The summed E-state index contributed by atoms with van der Waals surface area (Å²) < 4.78 is 40.7. The molecule has 4 rings (SSSR count). The number of nitrogens with one attached hydrogen (secondary N) is 1. The van der Waals surface area contributed by atoms with Gasteiger partial charge in [0.25, 0.3) is 5.89 Å². The molecule has 0 aliphatic carbocycles. The number of aromatic nitrogens is 1. The number of nitrogens with zero attached hydrogens (tertiary/aromatic N) is 3. The molecule has 8 nitrogen and oxygen atoms in total. The average molecular weight is 440 g/mol. The minimum absolute atomic E-state index is 0.0542. The fourth-order valence-corrected chi connectivity index (χ4v) is 4.45. The van der Waals surface area contributed by atoms with E-state index in [1.54, 1.807) is 9.80 Å².